The Labute approximate surface area is 284 Å². The summed E-state index contributed by atoms with van der Waals surface area (Å²) in [6.07, 6.45) is 43.7. The summed E-state index contributed by atoms with van der Waals surface area (Å²) < 4.78 is 2.25. The van der Waals surface area contributed by atoms with Crippen molar-refractivity contribution in [1.82, 2.24) is 0 Å². The molecule has 45 heavy (non-hydrogen) atoms. The molecule has 2 heteroatoms. The quantitative estimate of drug-likeness (QED) is 0.0483. The van der Waals surface area contributed by atoms with Crippen LogP contribution in [0.1, 0.15) is 189 Å². The van der Waals surface area contributed by atoms with Gasteiger partial charge in [0, 0.05) is 23.7 Å². The summed E-state index contributed by atoms with van der Waals surface area (Å²) in [6.45, 7) is 12.6. The van der Waals surface area contributed by atoms with Crippen LogP contribution in [0.5, 0.6) is 0 Å². The van der Waals surface area contributed by atoms with Crippen LogP contribution in [0.3, 0.4) is 0 Å². The number of aryl methyl sites for hydroxylation is 1. The molecule has 0 radical (unpaired) electrons. The van der Waals surface area contributed by atoms with Crippen molar-refractivity contribution in [2.45, 2.75) is 221 Å². The minimum atomic E-state index is -0.104. The summed E-state index contributed by atoms with van der Waals surface area (Å²) in [5, 5.41) is 1.31. The molecule has 1 aromatic heterocycles. The Morgan fingerprint density at radius 2 is 0.733 bits per heavy atom. The summed E-state index contributed by atoms with van der Waals surface area (Å²) in [5.41, 5.74) is 1.31. The first-order valence-electron chi connectivity index (χ1n) is 20.7. The lowest BCUT2D eigenvalue weighted by atomic mass is 9.17. The van der Waals surface area contributed by atoms with E-state index in [4.69, 9.17) is 0 Å². The summed E-state index contributed by atoms with van der Waals surface area (Å²) in [5.74, 6) is 0. The first-order valence-corrected chi connectivity index (χ1v) is 20.7. The molecule has 1 heterocycles. The van der Waals surface area contributed by atoms with Gasteiger partial charge in [0.1, 0.15) is 6.54 Å². The normalized spacial score (nSPS) is 11.6. The average Bonchev–Trinajstić information content (AvgIpc) is 3.07. The first-order chi connectivity index (χ1) is 22.2. The van der Waals surface area contributed by atoms with E-state index in [1.54, 1.807) is 25.3 Å². The van der Waals surface area contributed by atoms with Gasteiger partial charge in [-0.1, -0.05) is 194 Å². The van der Waals surface area contributed by atoms with Crippen molar-refractivity contribution in [3.63, 3.8) is 0 Å². The molecular formula is C43H80BN. The lowest BCUT2D eigenvalue weighted by Crippen LogP contribution is -2.34. The third-order valence-corrected chi connectivity index (χ3v) is 10.8. The zero-order chi connectivity index (χ0) is 32.7. The van der Waals surface area contributed by atoms with E-state index in [1.165, 1.54) is 165 Å². The average molecular weight is 622 g/mol. The van der Waals surface area contributed by atoms with Gasteiger partial charge in [-0.3, -0.25) is 0 Å². The predicted octanol–water partition coefficient (Wildman–Crippen LogP) is 15.0. The van der Waals surface area contributed by atoms with Gasteiger partial charge in [0.25, 0.3) is 0 Å². The highest BCUT2D eigenvalue weighted by Crippen LogP contribution is 2.35. The van der Waals surface area contributed by atoms with Gasteiger partial charge in [0.05, 0.1) is 0 Å². The molecule has 0 aliphatic carbocycles. The van der Waals surface area contributed by atoms with Crippen LogP contribution in [-0.4, -0.2) is 6.15 Å². The zero-order valence-electron chi connectivity index (χ0n) is 31.6. The van der Waals surface area contributed by atoms with E-state index in [0.29, 0.717) is 0 Å². The molecule has 2 aromatic rings. The molecule has 0 unspecified atom stereocenters. The molecule has 1 aromatic carbocycles. The van der Waals surface area contributed by atoms with Gasteiger partial charge < -0.3 is 0 Å². The standard InChI is InChI=1S/C32H68B.C11H12N/c1-5-9-13-17-21-25-29-33(30-26-22-18-14-10-6-2,31-27-23-19-15-11-7-3)32-28-24-20-16-12-8-4;1-2-12-9-5-7-10-6-3-4-8-11(10)12/h5-32H2,1-4H3;3-9H,2H2,1H3/q-1;+1. The third-order valence-electron chi connectivity index (χ3n) is 10.8. The van der Waals surface area contributed by atoms with Crippen molar-refractivity contribution >= 4 is 17.0 Å². The summed E-state index contributed by atoms with van der Waals surface area (Å²) in [6, 6.07) is 12.7. The van der Waals surface area contributed by atoms with Crippen LogP contribution in [0.4, 0.5) is 0 Å². The molecular weight excluding hydrogens is 541 g/mol. The zero-order valence-corrected chi connectivity index (χ0v) is 31.6. The van der Waals surface area contributed by atoms with Crippen LogP contribution < -0.4 is 4.57 Å². The monoisotopic (exact) mass is 622 g/mol. The number of hydrogen-bond acceptors (Lipinski definition) is 0. The van der Waals surface area contributed by atoms with Crippen LogP contribution in [-0.2, 0) is 6.54 Å². The summed E-state index contributed by atoms with van der Waals surface area (Å²) >= 11 is 0. The Kier molecular flexibility index (Phi) is 27.9. The Hall–Kier alpha value is -1.31. The van der Waals surface area contributed by atoms with E-state index in [0.717, 1.165) is 6.54 Å². The van der Waals surface area contributed by atoms with Crippen molar-refractivity contribution in [2.75, 3.05) is 0 Å². The number of pyridine rings is 1. The van der Waals surface area contributed by atoms with Crippen LogP contribution in [0, 0.1) is 0 Å². The fourth-order valence-corrected chi connectivity index (χ4v) is 7.79. The van der Waals surface area contributed by atoms with Crippen LogP contribution in [0.25, 0.3) is 10.9 Å². The smallest absolute Gasteiger partial charge is 0.199 e. The van der Waals surface area contributed by atoms with E-state index in [1.807, 2.05) is 0 Å². The summed E-state index contributed by atoms with van der Waals surface area (Å²) in [7, 11) is 0. The number of fused-ring (bicyclic) bond motifs is 1. The van der Waals surface area contributed by atoms with Gasteiger partial charge in [0.15, 0.2) is 6.20 Å². The van der Waals surface area contributed by atoms with Gasteiger partial charge >= 0.3 is 0 Å². The van der Waals surface area contributed by atoms with Crippen LogP contribution in [0.15, 0.2) is 42.6 Å². The second-order valence-corrected chi connectivity index (χ2v) is 14.8. The number of hydrogen-bond donors (Lipinski definition) is 0. The van der Waals surface area contributed by atoms with Gasteiger partial charge in [-0.15, -0.1) is 0 Å². The largest absolute Gasteiger partial charge is 0.212 e. The lowest BCUT2D eigenvalue weighted by molar-refractivity contribution is -0.667. The van der Waals surface area contributed by atoms with E-state index in [2.05, 4.69) is 81.8 Å². The number of aromatic nitrogens is 1. The van der Waals surface area contributed by atoms with Crippen LogP contribution in [0.2, 0.25) is 25.3 Å². The van der Waals surface area contributed by atoms with E-state index >= 15 is 0 Å². The number of para-hydroxylation sites is 1. The third kappa shape index (κ3) is 21.2. The molecule has 0 aliphatic rings. The number of unbranched alkanes of at least 4 members (excludes halogenated alkanes) is 20. The molecule has 260 valence electrons. The molecule has 0 N–H and O–H groups in total. The van der Waals surface area contributed by atoms with E-state index in [9.17, 15) is 0 Å². The Morgan fingerprint density at radius 3 is 1.11 bits per heavy atom. The maximum Gasteiger partial charge on any atom is 0.212 e. The minimum absolute atomic E-state index is 0.104. The van der Waals surface area contributed by atoms with Gasteiger partial charge in [-0.2, -0.15) is 29.8 Å². The number of benzene rings is 1. The molecule has 0 aliphatic heterocycles. The molecule has 0 amide bonds. The molecule has 0 bridgehead atoms. The molecule has 0 saturated carbocycles. The number of nitrogens with zero attached hydrogens (tertiary/aromatic N) is 1. The predicted molar refractivity (Wildman–Crippen MR) is 208 cm³/mol. The van der Waals surface area contributed by atoms with Crippen molar-refractivity contribution in [3.8, 4) is 0 Å². The van der Waals surface area contributed by atoms with Gasteiger partial charge in [0.2, 0.25) is 5.52 Å². The fourth-order valence-electron chi connectivity index (χ4n) is 7.79. The molecule has 0 spiro atoms. The van der Waals surface area contributed by atoms with Crippen LogP contribution >= 0.6 is 0 Å². The fraction of sp³-hybridized carbons (Fsp3) is 0.791. The van der Waals surface area contributed by atoms with Crippen molar-refractivity contribution < 1.29 is 4.57 Å². The second kappa shape index (κ2) is 30.1. The topological polar surface area (TPSA) is 3.88 Å². The SMILES string of the molecule is CCCCCCCC[B-](CCCCCCCC)(CCCCCCCC)CCCCCCCC.CC[n+]1cccc2ccccc21. The van der Waals surface area contributed by atoms with E-state index in [-0.39, 0.29) is 6.15 Å². The summed E-state index contributed by atoms with van der Waals surface area (Å²) in [4.78, 5) is 0. The highest BCUT2D eigenvalue weighted by Gasteiger charge is 2.23. The van der Waals surface area contributed by atoms with Crippen molar-refractivity contribution in [3.05, 3.63) is 42.6 Å². The highest BCUT2D eigenvalue weighted by molar-refractivity contribution is 6.79. The van der Waals surface area contributed by atoms with Gasteiger partial charge in [-0.25, -0.2) is 0 Å². The Bertz CT molecular complexity index is 818. The minimum Gasteiger partial charge on any atom is -0.199 e. The van der Waals surface area contributed by atoms with Crippen molar-refractivity contribution in [1.29, 1.82) is 0 Å². The molecule has 0 atom stereocenters. The molecule has 2 rings (SSSR count). The Balaban J connectivity index is 0.000000689. The molecule has 1 nitrogen and oxygen atoms in total. The molecule has 0 fully saturated rings. The van der Waals surface area contributed by atoms with Crippen molar-refractivity contribution in [2.24, 2.45) is 0 Å². The maximum atomic E-state index is 2.34. The molecule has 0 saturated heterocycles. The lowest BCUT2D eigenvalue weighted by Gasteiger charge is -2.41. The van der Waals surface area contributed by atoms with Gasteiger partial charge in [-0.05, 0) is 19.1 Å². The second-order valence-electron chi connectivity index (χ2n) is 14.8. The van der Waals surface area contributed by atoms with E-state index < -0.39 is 0 Å². The maximum absolute atomic E-state index is 2.34. The Morgan fingerprint density at radius 1 is 0.400 bits per heavy atom. The first kappa shape index (κ1) is 41.7. The highest BCUT2D eigenvalue weighted by atomic mass is 14.9. The number of rotatable bonds is 29.